The summed E-state index contributed by atoms with van der Waals surface area (Å²) in [4.78, 5) is 10.7. The molecular weight excluding hydrogens is 186 g/mol. The average Bonchev–Trinajstić information content (AvgIpc) is 2.06. The summed E-state index contributed by atoms with van der Waals surface area (Å²) in [5.41, 5.74) is 2.01. The van der Waals surface area contributed by atoms with Crippen molar-refractivity contribution >= 4 is 23.1 Å². The molecule has 0 fully saturated rings. The topological polar surface area (TPSA) is 29.1 Å². The summed E-state index contributed by atoms with van der Waals surface area (Å²) in [5.74, 6) is 0.111. The lowest BCUT2D eigenvalue weighted by Crippen LogP contribution is -2.10. The first-order valence-electron chi connectivity index (χ1n) is 4.09. The number of carbonyl (C=O) groups excluding carboxylic acids is 1. The van der Waals surface area contributed by atoms with E-state index in [1.165, 1.54) is 0 Å². The number of Topliss-reactive ketones (excluding diaryl/α,β-unsaturated/α-hetero) is 1. The molecule has 1 aromatic carbocycles. The smallest absolute Gasteiger partial charge is 0.148 e. The van der Waals surface area contributed by atoms with Gasteiger partial charge in [0.25, 0.3) is 0 Å². The molecule has 1 N–H and O–H groups in total. The Balaban J connectivity index is 2.75. The number of aryl methyl sites for hydroxylation is 1. The fourth-order valence-corrected chi connectivity index (χ4v) is 1.18. The van der Waals surface area contributed by atoms with E-state index in [0.29, 0.717) is 11.6 Å². The van der Waals surface area contributed by atoms with Crippen molar-refractivity contribution in [2.24, 2.45) is 0 Å². The van der Waals surface area contributed by atoms with Gasteiger partial charge in [0.1, 0.15) is 5.78 Å². The lowest BCUT2D eigenvalue weighted by Gasteiger charge is -2.07. The monoisotopic (exact) mass is 197 g/mol. The van der Waals surface area contributed by atoms with Crippen LogP contribution in [0, 0.1) is 6.92 Å². The minimum absolute atomic E-state index is 0.111. The summed E-state index contributed by atoms with van der Waals surface area (Å²) in [6, 6.07) is 5.57. The highest BCUT2D eigenvalue weighted by molar-refractivity contribution is 6.30. The standard InChI is InChI=1S/C10H12ClNO/c1-7-3-4-9(11)5-10(7)12-6-8(2)13/h3-5,12H,6H2,1-2H3. The van der Waals surface area contributed by atoms with E-state index in [2.05, 4.69) is 5.32 Å². The fourth-order valence-electron chi connectivity index (χ4n) is 1.00. The lowest BCUT2D eigenvalue weighted by atomic mass is 10.2. The summed E-state index contributed by atoms with van der Waals surface area (Å²) in [6.07, 6.45) is 0. The normalized spacial score (nSPS) is 9.77. The highest BCUT2D eigenvalue weighted by Gasteiger charge is 1.99. The Kier molecular flexibility index (Phi) is 3.32. The molecule has 3 heteroatoms. The van der Waals surface area contributed by atoms with Gasteiger partial charge in [-0.3, -0.25) is 4.79 Å². The maximum atomic E-state index is 10.7. The molecule has 2 nitrogen and oxygen atoms in total. The van der Waals surface area contributed by atoms with E-state index in [1.807, 2.05) is 25.1 Å². The van der Waals surface area contributed by atoms with E-state index < -0.39 is 0 Å². The van der Waals surface area contributed by atoms with Crippen LogP contribution in [0.15, 0.2) is 18.2 Å². The molecular formula is C10H12ClNO. The first-order valence-corrected chi connectivity index (χ1v) is 4.47. The van der Waals surface area contributed by atoms with Gasteiger partial charge in [-0.1, -0.05) is 17.7 Å². The van der Waals surface area contributed by atoms with Crippen molar-refractivity contribution in [1.82, 2.24) is 0 Å². The maximum Gasteiger partial charge on any atom is 0.148 e. The molecule has 0 bridgehead atoms. The van der Waals surface area contributed by atoms with Crippen molar-refractivity contribution < 1.29 is 4.79 Å². The van der Waals surface area contributed by atoms with Crippen LogP contribution in [-0.4, -0.2) is 12.3 Å². The van der Waals surface area contributed by atoms with Gasteiger partial charge in [0.2, 0.25) is 0 Å². The third-order valence-corrected chi connectivity index (χ3v) is 1.96. The molecule has 0 atom stereocenters. The molecule has 0 aliphatic heterocycles. The minimum Gasteiger partial charge on any atom is -0.378 e. The Bertz CT molecular complexity index is 323. The zero-order valence-corrected chi connectivity index (χ0v) is 8.48. The van der Waals surface area contributed by atoms with Crippen molar-refractivity contribution in [1.29, 1.82) is 0 Å². The fraction of sp³-hybridized carbons (Fsp3) is 0.300. The predicted molar refractivity (Wildman–Crippen MR) is 55.4 cm³/mol. The van der Waals surface area contributed by atoms with E-state index in [0.717, 1.165) is 11.3 Å². The highest BCUT2D eigenvalue weighted by Crippen LogP contribution is 2.19. The second kappa shape index (κ2) is 4.28. The van der Waals surface area contributed by atoms with Crippen LogP contribution < -0.4 is 5.32 Å². The molecule has 0 spiro atoms. The third-order valence-electron chi connectivity index (χ3n) is 1.73. The van der Waals surface area contributed by atoms with Crippen LogP contribution in [0.4, 0.5) is 5.69 Å². The van der Waals surface area contributed by atoms with Crippen molar-refractivity contribution in [3.05, 3.63) is 28.8 Å². The van der Waals surface area contributed by atoms with Gasteiger partial charge in [-0.15, -0.1) is 0 Å². The second-order valence-electron chi connectivity index (χ2n) is 3.01. The Morgan fingerprint density at radius 2 is 2.23 bits per heavy atom. The quantitative estimate of drug-likeness (QED) is 0.807. The Hall–Kier alpha value is -1.02. The van der Waals surface area contributed by atoms with Crippen LogP contribution >= 0.6 is 11.6 Å². The van der Waals surface area contributed by atoms with Gasteiger partial charge in [0.15, 0.2) is 0 Å². The van der Waals surface area contributed by atoms with Gasteiger partial charge in [-0.05, 0) is 31.5 Å². The minimum atomic E-state index is 0.111. The van der Waals surface area contributed by atoms with Gasteiger partial charge in [-0.2, -0.15) is 0 Å². The molecule has 0 radical (unpaired) electrons. The first kappa shape index (κ1) is 10.1. The highest BCUT2D eigenvalue weighted by atomic mass is 35.5. The van der Waals surface area contributed by atoms with Crippen molar-refractivity contribution in [3.8, 4) is 0 Å². The average molecular weight is 198 g/mol. The molecule has 1 rings (SSSR count). The number of halogens is 1. The number of hydrogen-bond acceptors (Lipinski definition) is 2. The number of anilines is 1. The third kappa shape index (κ3) is 3.07. The number of hydrogen-bond donors (Lipinski definition) is 1. The zero-order valence-electron chi connectivity index (χ0n) is 7.73. The van der Waals surface area contributed by atoms with Gasteiger partial charge in [0, 0.05) is 10.7 Å². The van der Waals surface area contributed by atoms with Crippen LogP contribution in [0.3, 0.4) is 0 Å². The van der Waals surface area contributed by atoms with E-state index in [-0.39, 0.29) is 5.78 Å². The van der Waals surface area contributed by atoms with E-state index in [9.17, 15) is 4.79 Å². The van der Waals surface area contributed by atoms with Crippen molar-refractivity contribution in [2.45, 2.75) is 13.8 Å². The van der Waals surface area contributed by atoms with Crippen molar-refractivity contribution in [2.75, 3.05) is 11.9 Å². The van der Waals surface area contributed by atoms with Gasteiger partial charge in [0.05, 0.1) is 6.54 Å². The van der Waals surface area contributed by atoms with Crippen molar-refractivity contribution in [3.63, 3.8) is 0 Å². The van der Waals surface area contributed by atoms with Gasteiger partial charge < -0.3 is 5.32 Å². The Labute approximate surface area is 82.9 Å². The molecule has 0 unspecified atom stereocenters. The number of rotatable bonds is 3. The van der Waals surface area contributed by atoms with Crippen LogP contribution in [0.25, 0.3) is 0 Å². The molecule has 0 aromatic heterocycles. The zero-order chi connectivity index (χ0) is 9.84. The molecule has 0 saturated carbocycles. The van der Waals surface area contributed by atoms with E-state index in [1.54, 1.807) is 6.92 Å². The molecule has 0 heterocycles. The van der Waals surface area contributed by atoms with E-state index >= 15 is 0 Å². The number of nitrogens with one attached hydrogen (secondary N) is 1. The predicted octanol–water partition coefficient (Wildman–Crippen LogP) is 2.65. The Morgan fingerprint density at radius 1 is 1.54 bits per heavy atom. The second-order valence-corrected chi connectivity index (χ2v) is 3.45. The number of benzene rings is 1. The lowest BCUT2D eigenvalue weighted by molar-refractivity contribution is -0.115. The Morgan fingerprint density at radius 3 is 2.85 bits per heavy atom. The largest absolute Gasteiger partial charge is 0.378 e. The summed E-state index contributed by atoms with van der Waals surface area (Å²) in [6.45, 7) is 3.87. The van der Waals surface area contributed by atoms with Crippen LogP contribution in [0.2, 0.25) is 5.02 Å². The SMILES string of the molecule is CC(=O)CNc1cc(Cl)ccc1C. The van der Waals surface area contributed by atoms with Crippen LogP contribution in [0.1, 0.15) is 12.5 Å². The first-order chi connectivity index (χ1) is 6.09. The number of carbonyl (C=O) groups is 1. The maximum absolute atomic E-state index is 10.7. The summed E-state index contributed by atoms with van der Waals surface area (Å²) >= 11 is 5.81. The van der Waals surface area contributed by atoms with Crippen LogP contribution in [-0.2, 0) is 4.79 Å². The van der Waals surface area contributed by atoms with Gasteiger partial charge >= 0.3 is 0 Å². The molecule has 0 aliphatic carbocycles. The summed E-state index contributed by atoms with van der Waals surface area (Å²) < 4.78 is 0. The molecule has 0 aliphatic rings. The summed E-state index contributed by atoms with van der Waals surface area (Å²) in [5, 5.41) is 3.70. The molecule has 70 valence electrons. The van der Waals surface area contributed by atoms with E-state index in [4.69, 9.17) is 11.6 Å². The van der Waals surface area contributed by atoms with Crippen LogP contribution in [0.5, 0.6) is 0 Å². The molecule has 1 aromatic rings. The molecule has 0 saturated heterocycles. The molecule has 0 amide bonds. The number of ketones is 1. The van der Waals surface area contributed by atoms with Gasteiger partial charge in [-0.25, -0.2) is 0 Å². The summed E-state index contributed by atoms with van der Waals surface area (Å²) in [7, 11) is 0. The molecule has 13 heavy (non-hydrogen) atoms.